The molecule has 2 N–H and O–H groups in total. The van der Waals surface area contributed by atoms with E-state index in [1.165, 1.54) is 18.6 Å². The first-order valence-corrected chi connectivity index (χ1v) is 8.92. The molecule has 1 saturated heterocycles. The molecule has 1 fully saturated rings. The first kappa shape index (κ1) is 18.5. The molecule has 23 heavy (non-hydrogen) atoms. The van der Waals surface area contributed by atoms with E-state index in [9.17, 15) is 0 Å². The molecule has 1 aromatic rings. The zero-order chi connectivity index (χ0) is 15.2. The Hall–Kier alpha value is -0.830. The second-order valence-corrected chi connectivity index (χ2v) is 6.81. The van der Waals surface area contributed by atoms with Crippen LogP contribution in [0.15, 0.2) is 23.2 Å². The highest BCUT2D eigenvalue weighted by Gasteiger charge is 2.16. The van der Waals surface area contributed by atoms with E-state index in [0.717, 1.165) is 41.4 Å². The molecule has 2 heterocycles. The molecule has 1 aromatic carbocycles. The summed E-state index contributed by atoms with van der Waals surface area (Å²) < 4.78 is 10.7. The number of nitrogens with zero attached hydrogens (tertiary/aromatic N) is 1. The maximum atomic E-state index is 5.40. The van der Waals surface area contributed by atoms with Crippen LogP contribution in [0.4, 0.5) is 0 Å². The van der Waals surface area contributed by atoms with Crippen molar-refractivity contribution < 1.29 is 9.47 Å². The quantitative estimate of drug-likeness (QED) is 0.411. The van der Waals surface area contributed by atoms with Crippen molar-refractivity contribution in [1.82, 2.24) is 10.6 Å². The SMILES string of the molecule is CCNC(=NCc1ccc2c(c1)OCO2)NCC1CCCS1.I. The molecule has 5 nitrogen and oxygen atoms in total. The molecule has 0 radical (unpaired) electrons. The summed E-state index contributed by atoms with van der Waals surface area (Å²) in [6, 6.07) is 5.98. The topological polar surface area (TPSA) is 54.9 Å². The number of aliphatic imine (C=N–C) groups is 1. The molecular weight excluding hydrogens is 425 g/mol. The van der Waals surface area contributed by atoms with Gasteiger partial charge in [0.25, 0.3) is 0 Å². The van der Waals surface area contributed by atoms with Gasteiger partial charge in [0.15, 0.2) is 17.5 Å². The second-order valence-electron chi connectivity index (χ2n) is 5.40. The summed E-state index contributed by atoms with van der Waals surface area (Å²) in [6.45, 7) is 4.87. The van der Waals surface area contributed by atoms with Crippen LogP contribution in [0.5, 0.6) is 11.5 Å². The lowest BCUT2D eigenvalue weighted by Gasteiger charge is -2.14. The van der Waals surface area contributed by atoms with Crippen LogP contribution in [0.3, 0.4) is 0 Å². The van der Waals surface area contributed by atoms with Crippen LogP contribution in [0.2, 0.25) is 0 Å². The smallest absolute Gasteiger partial charge is 0.231 e. The number of hydrogen-bond donors (Lipinski definition) is 2. The van der Waals surface area contributed by atoms with E-state index in [2.05, 4.69) is 34.3 Å². The lowest BCUT2D eigenvalue weighted by Crippen LogP contribution is -2.40. The fourth-order valence-electron chi connectivity index (χ4n) is 2.57. The number of benzene rings is 1. The van der Waals surface area contributed by atoms with Crippen molar-refractivity contribution in [2.75, 3.05) is 25.6 Å². The van der Waals surface area contributed by atoms with Crippen molar-refractivity contribution >= 4 is 41.7 Å². The second kappa shape index (κ2) is 9.46. The summed E-state index contributed by atoms with van der Waals surface area (Å²) in [6.07, 6.45) is 2.64. The number of rotatable bonds is 5. The molecule has 0 aromatic heterocycles. The number of thioether (sulfide) groups is 1. The Labute approximate surface area is 159 Å². The standard InChI is InChI=1S/C16H23N3O2S.HI/c1-2-17-16(19-10-13-4-3-7-22-13)18-9-12-5-6-14-15(8-12)21-11-20-14;/h5-6,8,13H,2-4,7,9-11H2,1H3,(H2,17,18,19);1H. The monoisotopic (exact) mass is 449 g/mol. The average Bonchev–Trinajstić information content (AvgIpc) is 3.20. The Kier molecular flexibility index (Phi) is 7.61. The van der Waals surface area contributed by atoms with Gasteiger partial charge in [-0.3, -0.25) is 0 Å². The molecule has 128 valence electrons. The Morgan fingerprint density at radius 2 is 2.17 bits per heavy atom. The van der Waals surface area contributed by atoms with Gasteiger partial charge in [-0.2, -0.15) is 11.8 Å². The van der Waals surface area contributed by atoms with Gasteiger partial charge in [0.2, 0.25) is 6.79 Å². The minimum atomic E-state index is 0. The molecule has 3 rings (SSSR count). The maximum Gasteiger partial charge on any atom is 0.231 e. The fraction of sp³-hybridized carbons (Fsp3) is 0.562. The van der Waals surface area contributed by atoms with Crippen molar-refractivity contribution in [3.8, 4) is 11.5 Å². The van der Waals surface area contributed by atoms with E-state index in [-0.39, 0.29) is 24.0 Å². The van der Waals surface area contributed by atoms with E-state index >= 15 is 0 Å². The summed E-state index contributed by atoms with van der Waals surface area (Å²) in [7, 11) is 0. The largest absolute Gasteiger partial charge is 0.454 e. The number of guanidine groups is 1. The molecule has 0 spiro atoms. The lowest BCUT2D eigenvalue weighted by atomic mass is 10.2. The van der Waals surface area contributed by atoms with E-state index in [1.54, 1.807) is 0 Å². The van der Waals surface area contributed by atoms with Gasteiger partial charge in [-0.05, 0) is 43.2 Å². The summed E-state index contributed by atoms with van der Waals surface area (Å²) in [5.74, 6) is 3.80. The summed E-state index contributed by atoms with van der Waals surface area (Å²) in [5, 5.41) is 7.47. The summed E-state index contributed by atoms with van der Waals surface area (Å²) in [4.78, 5) is 4.66. The van der Waals surface area contributed by atoms with E-state index in [0.29, 0.717) is 13.3 Å². The molecular formula is C16H24IN3O2S. The average molecular weight is 449 g/mol. The predicted octanol–water partition coefficient (Wildman–Crippen LogP) is 2.98. The first-order valence-electron chi connectivity index (χ1n) is 7.87. The molecule has 0 saturated carbocycles. The van der Waals surface area contributed by atoms with Gasteiger partial charge >= 0.3 is 0 Å². The molecule has 0 bridgehead atoms. The number of ether oxygens (including phenoxy) is 2. The highest BCUT2D eigenvalue weighted by molar-refractivity contribution is 14.0. The maximum absolute atomic E-state index is 5.40. The van der Waals surface area contributed by atoms with Gasteiger partial charge < -0.3 is 20.1 Å². The number of hydrogen-bond acceptors (Lipinski definition) is 4. The normalized spacial score (nSPS) is 19.3. The van der Waals surface area contributed by atoms with Crippen LogP contribution < -0.4 is 20.1 Å². The highest BCUT2D eigenvalue weighted by atomic mass is 127. The van der Waals surface area contributed by atoms with Crippen molar-refractivity contribution in [3.63, 3.8) is 0 Å². The molecule has 0 amide bonds. The van der Waals surface area contributed by atoms with Crippen molar-refractivity contribution in [3.05, 3.63) is 23.8 Å². The molecule has 7 heteroatoms. The van der Waals surface area contributed by atoms with Gasteiger partial charge in [-0.15, -0.1) is 24.0 Å². The zero-order valence-corrected chi connectivity index (χ0v) is 16.5. The summed E-state index contributed by atoms with van der Waals surface area (Å²) >= 11 is 2.05. The minimum absolute atomic E-state index is 0. The Balaban J connectivity index is 0.00000192. The van der Waals surface area contributed by atoms with Crippen molar-refractivity contribution in [1.29, 1.82) is 0 Å². The highest BCUT2D eigenvalue weighted by Crippen LogP contribution is 2.32. The lowest BCUT2D eigenvalue weighted by molar-refractivity contribution is 0.174. The fourth-order valence-corrected chi connectivity index (χ4v) is 3.77. The first-order chi connectivity index (χ1) is 10.8. The Morgan fingerprint density at radius 1 is 1.30 bits per heavy atom. The Bertz CT molecular complexity index is 536. The van der Waals surface area contributed by atoms with Gasteiger partial charge in [-0.25, -0.2) is 4.99 Å². The molecule has 2 aliphatic rings. The van der Waals surface area contributed by atoms with Crippen LogP contribution in [-0.4, -0.2) is 36.8 Å². The van der Waals surface area contributed by atoms with Crippen LogP contribution in [0.25, 0.3) is 0 Å². The Morgan fingerprint density at radius 3 is 2.96 bits per heavy atom. The number of fused-ring (bicyclic) bond motifs is 1. The van der Waals surface area contributed by atoms with Gasteiger partial charge in [-0.1, -0.05) is 6.07 Å². The van der Waals surface area contributed by atoms with Crippen molar-refractivity contribution in [2.24, 2.45) is 4.99 Å². The molecule has 2 aliphatic heterocycles. The van der Waals surface area contributed by atoms with E-state index in [4.69, 9.17) is 9.47 Å². The van der Waals surface area contributed by atoms with Crippen LogP contribution in [0.1, 0.15) is 25.3 Å². The predicted molar refractivity (Wildman–Crippen MR) is 106 cm³/mol. The van der Waals surface area contributed by atoms with Crippen LogP contribution >= 0.6 is 35.7 Å². The van der Waals surface area contributed by atoms with E-state index < -0.39 is 0 Å². The van der Waals surface area contributed by atoms with Gasteiger partial charge in [0.05, 0.1) is 6.54 Å². The zero-order valence-electron chi connectivity index (χ0n) is 13.3. The third-order valence-corrected chi connectivity index (χ3v) is 5.12. The van der Waals surface area contributed by atoms with Crippen molar-refractivity contribution in [2.45, 2.75) is 31.6 Å². The third-order valence-electron chi connectivity index (χ3n) is 3.72. The molecule has 1 unspecified atom stereocenters. The van der Waals surface area contributed by atoms with Crippen LogP contribution in [-0.2, 0) is 6.54 Å². The van der Waals surface area contributed by atoms with E-state index in [1.807, 2.05) is 18.2 Å². The number of halogens is 1. The van der Waals surface area contributed by atoms with Gasteiger partial charge in [0, 0.05) is 18.3 Å². The molecule has 1 atom stereocenters. The number of nitrogens with one attached hydrogen (secondary N) is 2. The van der Waals surface area contributed by atoms with Crippen LogP contribution in [0, 0.1) is 0 Å². The van der Waals surface area contributed by atoms with Gasteiger partial charge in [0.1, 0.15) is 0 Å². The molecule has 0 aliphatic carbocycles. The summed E-state index contributed by atoms with van der Waals surface area (Å²) in [5.41, 5.74) is 1.12. The minimum Gasteiger partial charge on any atom is -0.454 e. The third kappa shape index (κ3) is 5.34.